The molecule has 0 heterocycles. The zero-order chi connectivity index (χ0) is 13.1. The number of carbonyl (C=O) groups is 1. The first-order chi connectivity index (χ1) is 7.78. The first kappa shape index (κ1) is 14.0. The maximum Gasteiger partial charge on any atom is 0.317 e. The van der Waals surface area contributed by atoms with Crippen LogP contribution in [0.4, 0.5) is 4.79 Å². The molecule has 0 atom stereocenters. The molecular formula is C13H19BrN2O. The monoisotopic (exact) mass is 298 g/mol. The highest BCUT2D eigenvalue weighted by molar-refractivity contribution is 9.10. The molecule has 0 saturated carbocycles. The predicted octanol–water partition coefficient (Wildman–Crippen LogP) is 3.39. The van der Waals surface area contributed by atoms with Crippen LogP contribution in [0.5, 0.6) is 0 Å². The largest absolute Gasteiger partial charge is 0.333 e. The van der Waals surface area contributed by atoms with Gasteiger partial charge in [-0.15, -0.1) is 0 Å². The van der Waals surface area contributed by atoms with Gasteiger partial charge in [0, 0.05) is 23.6 Å². The van der Waals surface area contributed by atoms with E-state index in [0.29, 0.717) is 6.54 Å². The molecule has 1 aromatic rings. The molecule has 17 heavy (non-hydrogen) atoms. The second-order valence-electron chi connectivity index (χ2n) is 5.16. The number of benzene rings is 1. The molecule has 4 heteroatoms. The Labute approximate surface area is 111 Å². The van der Waals surface area contributed by atoms with E-state index >= 15 is 0 Å². The minimum Gasteiger partial charge on any atom is -0.333 e. The van der Waals surface area contributed by atoms with Crippen molar-refractivity contribution >= 4 is 22.0 Å². The number of nitrogens with zero attached hydrogens (tertiary/aromatic N) is 1. The molecule has 3 nitrogen and oxygen atoms in total. The van der Waals surface area contributed by atoms with E-state index in [1.165, 1.54) is 0 Å². The molecule has 0 saturated heterocycles. The molecule has 0 aliphatic rings. The summed E-state index contributed by atoms with van der Waals surface area (Å²) in [6.07, 6.45) is 0. The van der Waals surface area contributed by atoms with Crippen LogP contribution in [0.2, 0.25) is 0 Å². The maximum absolute atomic E-state index is 11.8. The Bertz CT molecular complexity index is 381. The van der Waals surface area contributed by atoms with Crippen molar-refractivity contribution in [2.75, 3.05) is 7.05 Å². The summed E-state index contributed by atoms with van der Waals surface area (Å²) in [6.45, 7) is 6.52. The van der Waals surface area contributed by atoms with Crippen molar-refractivity contribution in [1.29, 1.82) is 0 Å². The smallest absolute Gasteiger partial charge is 0.317 e. The van der Waals surface area contributed by atoms with Gasteiger partial charge in [-0.1, -0.05) is 28.1 Å². The Morgan fingerprint density at radius 2 is 1.82 bits per heavy atom. The lowest BCUT2D eigenvalue weighted by Crippen LogP contribution is -2.46. The SMILES string of the molecule is CN(Cc1ccc(Br)cc1)C(=O)NC(C)(C)C. The van der Waals surface area contributed by atoms with Gasteiger partial charge in [-0.05, 0) is 38.5 Å². The molecule has 2 amide bonds. The molecule has 0 spiro atoms. The van der Waals surface area contributed by atoms with Gasteiger partial charge in [0.05, 0.1) is 0 Å². The number of amides is 2. The molecule has 0 unspecified atom stereocenters. The van der Waals surface area contributed by atoms with Crippen molar-refractivity contribution in [3.63, 3.8) is 0 Å². The molecule has 94 valence electrons. The third kappa shape index (κ3) is 5.22. The summed E-state index contributed by atoms with van der Waals surface area (Å²) in [6, 6.07) is 7.91. The lowest BCUT2D eigenvalue weighted by atomic mass is 10.1. The summed E-state index contributed by atoms with van der Waals surface area (Å²) in [5.74, 6) is 0. The van der Waals surface area contributed by atoms with Crippen LogP contribution in [0, 0.1) is 0 Å². The van der Waals surface area contributed by atoms with Gasteiger partial charge in [0.25, 0.3) is 0 Å². The molecule has 0 aliphatic carbocycles. The Morgan fingerprint density at radius 1 is 1.29 bits per heavy atom. The van der Waals surface area contributed by atoms with Gasteiger partial charge in [0.2, 0.25) is 0 Å². The average Bonchev–Trinajstić information content (AvgIpc) is 2.19. The summed E-state index contributed by atoms with van der Waals surface area (Å²) >= 11 is 3.39. The number of hydrogen-bond donors (Lipinski definition) is 1. The number of halogens is 1. The van der Waals surface area contributed by atoms with Crippen molar-refractivity contribution in [2.24, 2.45) is 0 Å². The topological polar surface area (TPSA) is 32.3 Å². The van der Waals surface area contributed by atoms with Crippen molar-refractivity contribution < 1.29 is 4.79 Å². The lowest BCUT2D eigenvalue weighted by Gasteiger charge is -2.25. The van der Waals surface area contributed by atoms with E-state index in [-0.39, 0.29) is 11.6 Å². The fourth-order valence-electron chi connectivity index (χ4n) is 1.35. The highest BCUT2D eigenvalue weighted by Gasteiger charge is 2.16. The normalized spacial score (nSPS) is 11.1. The van der Waals surface area contributed by atoms with E-state index in [9.17, 15) is 4.79 Å². The molecule has 1 aromatic carbocycles. The van der Waals surface area contributed by atoms with Crippen molar-refractivity contribution in [2.45, 2.75) is 32.9 Å². The highest BCUT2D eigenvalue weighted by Crippen LogP contribution is 2.12. The molecule has 0 aromatic heterocycles. The summed E-state index contributed by atoms with van der Waals surface area (Å²) in [5, 5.41) is 2.93. The van der Waals surface area contributed by atoms with E-state index in [4.69, 9.17) is 0 Å². The van der Waals surface area contributed by atoms with Crippen LogP contribution in [-0.4, -0.2) is 23.5 Å². The standard InChI is InChI=1S/C13H19BrN2O/c1-13(2,3)15-12(17)16(4)9-10-5-7-11(14)8-6-10/h5-8H,9H2,1-4H3,(H,15,17). The lowest BCUT2D eigenvalue weighted by molar-refractivity contribution is 0.197. The number of nitrogens with one attached hydrogen (secondary N) is 1. The van der Waals surface area contributed by atoms with E-state index in [2.05, 4.69) is 21.2 Å². The Hall–Kier alpha value is -1.03. The summed E-state index contributed by atoms with van der Waals surface area (Å²) in [4.78, 5) is 13.5. The van der Waals surface area contributed by atoms with Crippen LogP contribution < -0.4 is 5.32 Å². The summed E-state index contributed by atoms with van der Waals surface area (Å²) in [7, 11) is 1.79. The maximum atomic E-state index is 11.8. The van der Waals surface area contributed by atoms with Crippen LogP contribution in [-0.2, 0) is 6.54 Å². The minimum absolute atomic E-state index is 0.0552. The summed E-state index contributed by atoms with van der Waals surface area (Å²) < 4.78 is 1.04. The number of urea groups is 1. The second-order valence-corrected chi connectivity index (χ2v) is 6.08. The minimum atomic E-state index is -0.203. The number of rotatable bonds is 2. The van der Waals surface area contributed by atoms with Crippen LogP contribution in [0.1, 0.15) is 26.3 Å². The number of carbonyl (C=O) groups excluding carboxylic acids is 1. The van der Waals surface area contributed by atoms with Crippen molar-refractivity contribution in [1.82, 2.24) is 10.2 Å². The average molecular weight is 299 g/mol. The van der Waals surface area contributed by atoms with Crippen LogP contribution in [0.25, 0.3) is 0 Å². The first-order valence-corrected chi connectivity index (χ1v) is 6.35. The highest BCUT2D eigenvalue weighted by atomic mass is 79.9. The molecule has 0 aliphatic heterocycles. The van der Waals surface area contributed by atoms with E-state index < -0.39 is 0 Å². The Balaban J connectivity index is 2.57. The molecule has 0 radical (unpaired) electrons. The van der Waals surface area contributed by atoms with E-state index in [0.717, 1.165) is 10.0 Å². The van der Waals surface area contributed by atoms with Gasteiger partial charge in [-0.25, -0.2) is 4.79 Å². The quantitative estimate of drug-likeness (QED) is 0.892. The molecule has 0 bridgehead atoms. The Kier molecular flexibility index (Phi) is 4.57. The zero-order valence-electron chi connectivity index (χ0n) is 10.7. The van der Waals surface area contributed by atoms with Gasteiger partial charge in [0.1, 0.15) is 0 Å². The van der Waals surface area contributed by atoms with Gasteiger partial charge in [0.15, 0.2) is 0 Å². The third-order valence-corrected chi connectivity index (χ3v) is 2.69. The van der Waals surface area contributed by atoms with Crippen LogP contribution >= 0.6 is 15.9 Å². The van der Waals surface area contributed by atoms with Crippen LogP contribution in [0.3, 0.4) is 0 Å². The zero-order valence-corrected chi connectivity index (χ0v) is 12.3. The third-order valence-electron chi connectivity index (χ3n) is 2.16. The van der Waals surface area contributed by atoms with Gasteiger partial charge in [-0.2, -0.15) is 0 Å². The van der Waals surface area contributed by atoms with Crippen LogP contribution in [0.15, 0.2) is 28.7 Å². The van der Waals surface area contributed by atoms with E-state index in [1.54, 1.807) is 11.9 Å². The molecule has 1 rings (SSSR count). The predicted molar refractivity (Wildman–Crippen MR) is 73.9 cm³/mol. The fourth-order valence-corrected chi connectivity index (χ4v) is 1.62. The van der Waals surface area contributed by atoms with Crippen molar-refractivity contribution in [3.05, 3.63) is 34.3 Å². The summed E-state index contributed by atoms with van der Waals surface area (Å²) in [5.41, 5.74) is 0.908. The first-order valence-electron chi connectivity index (χ1n) is 5.56. The molecular weight excluding hydrogens is 280 g/mol. The van der Waals surface area contributed by atoms with Crippen molar-refractivity contribution in [3.8, 4) is 0 Å². The van der Waals surface area contributed by atoms with Gasteiger partial charge < -0.3 is 10.2 Å². The van der Waals surface area contributed by atoms with Gasteiger partial charge >= 0.3 is 6.03 Å². The number of hydrogen-bond acceptors (Lipinski definition) is 1. The fraction of sp³-hybridized carbons (Fsp3) is 0.462. The van der Waals surface area contributed by atoms with E-state index in [1.807, 2.05) is 45.0 Å². The Morgan fingerprint density at radius 3 is 2.29 bits per heavy atom. The second kappa shape index (κ2) is 5.54. The van der Waals surface area contributed by atoms with Gasteiger partial charge in [-0.3, -0.25) is 0 Å². The molecule has 1 N–H and O–H groups in total. The molecule has 0 fully saturated rings.